The van der Waals surface area contributed by atoms with Crippen molar-refractivity contribution in [3.05, 3.63) is 71.3 Å². The van der Waals surface area contributed by atoms with Gasteiger partial charge in [0.2, 0.25) is 11.8 Å². The number of rotatable bonds is 5. The molecule has 1 aliphatic heterocycles. The monoisotopic (exact) mass is 400 g/mol. The molecule has 0 bridgehead atoms. The molecule has 0 saturated carbocycles. The predicted molar refractivity (Wildman–Crippen MR) is 107 cm³/mol. The van der Waals surface area contributed by atoms with Crippen molar-refractivity contribution in [1.29, 1.82) is 0 Å². The predicted octanol–water partition coefficient (Wildman–Crippen LogP) is 3.55. The van der Waals surface area contributed by atoms with E-state index in [1.54, 1.807) is 4.90 Å². The molecule has 154 valence electrons. The molecule has 0 atom stereocenters. The van der Waals surface area contributed by atoms with Crippen LogP contribution in [0.2, 0.25) is 0 Å². The van der Waals surface area contributed by atoms with E-state index in [1.165, 1.54) is 6.07 Å². The summed E-state index contributed by atoms with van der Waals surface area (Å²) in [5, 5.41) is 0. The fourth-order valence-corrected chi connectivity index (χ4v) is 3.64. The third-order valence-electron chi connectivity index (χ3n) is 5.56. The molecule has 2 aromatic rings. The molecule has 1 saturated heterocycles. The molecule has 2 amide bonds. The van der Waals surface area contributed by atoms with Crippen LogP contribution in [-0.4, -0.2) is 47.8 Å². The van der Waals surface area contributed by atoms with Gasteiger partial charge in [-0.05, 0) is 43.5 Å². The van der Waals surface area contributed by atoms with Crippen LogP contribution in [0.15, 0.2) is 48.5 Å². The Morgan fingerprint density at radius 2 is 1.52 bits per heavy atom. The Morgan fingerprint density at radius 3 is 2.14 bits per heavy atom. The average Bonchev–Trinajstić information content (AvgIpc) is 2.74. The molecular weight excluding hydrogens is 374 g/mol. The van der Waals surface area contributed by atoms with E-state index in [1.807, 2.05) is 49.1 Å². The van der Waals surface area contributed by atoms with Crippen LogP contribution in [0.4, 0.5) is 8.78 Å². The Labute approximate surface area is 170 Å². The molecule has 1 heterocycles. The van der Waals surface area contributed by atoms with E-state index in [2.05, 4.69) is 0 Å². The topological polar surface area (TPSA) is 40.6 Å². The van der Waals surface area contributed by atoms with Crippen LogP contribution in [0, 0.1) is 11.6 Å². The molecule has 0 spiro atoms. The van der Waals surface area contributed by atoms with Gasteiger partial charge < -0.3 is 9.80 Å². The SMILES string of the molecule is CC(C)(C(=O)N1CCN(C(=O)CCc2ccc(F)c(F)c2)CC1)c1ccccc1. The first-order chi connectivity index (χ1) is 13.8. The van der Waals surface area contributed by atoms with Gasteiger partial charge >= 0.3 is 0 Å². The van der Waals surface area contributed by atoms with Crippen LogP contribution in [-0.2, 0) is 21.4 Å². The fourth-order valence-electron chi connectivity index (χ4n) is 3.64. The van der Waals surface area contributed by atoms with Crippen molar-refractivity contribution >= 4 is 11.8 Å². The zero-order valence-corrected chi connectivity index (χ0v) is 16.8. The summed E-state index contributed by atoms with van der Waals surface area (Å²) in [6.07, 6.45) is 0.588. The maximum atomic E-state index is 13.3. The van der Waals surface area contributed by atoms with Crippen LogP contribution in [0.1, 0.15) is 31.4 Å². The summed E-state index contributed by atoms with van der Waals surface area (Å²) in [5.41, 5.74) is 0.936. The van der Waals surface area contributed by atoms with Gasteiger partial charge in [-0.25, -0.2) is 8.78 Å². The minimum atomic E-state index is -0.900. The van der Waals surface area contributed by atoms with Gasteiger partial charge in [0.1, 0.15) is 0 Å². The molecule has 6 heteroatoms. The molecular formula is C23H26F2N2O2. The molecule has 1 fully saturated rings. The minimum absolute atomic E-state index is 0.0378. The largest absolute Gasteiger partial charge is 0.339 e. The molecule has 0 N–H and O–H groups in total. The summed E-state index contributed by atoms with van der Waals surface area (Å²) in [5.74, 6) is -1.77. The number of benzene rings is 2. The molecule has 3 rings (SSSR count). The Balaban J connectivity index is 1.52. The van der Waals surface area contributed by atoms with Gasteiger partial charge in [0.25, 0.3) is 0 Å². The van der Waals surface area contributed by atoms with Crippen LogP contribution < -0.4 is 0 Å². The Bertz CT molecular complexity index is 876. The summed E-state index contributed by atoms with van der Waals surface area (Å²) in [6, 6.07) is 13.4. The minimum Gasteiger partial charge on any atom is -0.339 e. The van der Waals surface area contributed by atoms with E-state index in [9.17, 15) is 18.4 Å². The highest BCUT2D eigenvalue weighted by Gasteiger charge is 2.35. The number of aryl methyl sites for hydroxylation is 1. The normalized spacial score (nSPS) is 14.8. The van der Waals surface area contributed by atoms with Crippen LogP contribution in [0.5, 0.6) is 0 Å². The Kier molecular flexibility index (Phi) is 6.30. The highest BCUT2D eigenvalue weighted by Crippen LogP contribution is 2.26. The van der Waals surface area contributed by atoms with E-state index in [4.69, 9.17) is 0 Å². The molecule has 0 unspecified atom stereocenters. The Hall–Kier alpha value is -2.76. The summed E-state index contributed by atoms with van der Waals surface area (Å²) in [4.78, 5) is 29.0. The second-order valence-electron chi connectivity index (χ2n) is 7.91. The van der Waals surface area contributed by atoms with Crippen molar-refractivity contribution < 1.29 is 18.4 Å². The highest BCUT2D eigenvalue weighted by atomic mass is 19.2. The zero-order chi connectivity index (χ0) is 21.0. The summed E-state index contributed by atoms with van der Waals surface area (Å²) in [7, 11) is 0. The van der Waals surface area contributed by atoms with Gasteiger partial charge in [0, 0.05) is 32.6 Å². The van der Waals surface area contributed by atoms with Crippen LogP contribution >= 0.6 is 0 Å². The number of piperazine rings is 1. The fraction of sp³-hybridized carbons (Fsp3) is 0.391. The molecule has 1 aliphatic rings. The smallest absolute Gasteiger partial charge is 0.232 e. The first-order valence-corrected chi connectivity index (χ1v) is 9.85. The number of halogens is 2. The lowest BCUT2D eigenvalue weighted by atomic mass is 9.83. The van der Waals surface area contributed by atoms with E-state index < -0.39 is 17.0 Å². The maximum absolute atomic E-state index is 13.3. The van der Waals surface area contributed by atoms with Gasteiger partial charge in [-0.3, -0.25) is 9.59 Å². The third kappa shape index (κ3) is 4.81. The third-order valence-corrected chi connectivity index (χ3v) is 5.56. The standard InChI is InChI=1S/C23H26F2N2O2/c1-23(2,18-6-4-3-5-7-18)22(29)27-14-12-26(13-15-27)21(28)11-9-17-8-10-19(24)20(25)16-17/h3-8,10,16H,9,11-15H2,1-2H3. The first kappa shape index (κ1) is 21.0. The maximum Gasteiger partial charge on any atom is 0.232 e. The van der Waals surface area contributed by atoms with Crippen molar-refractivity contribution in [2.45, 2.75) is 32.1 Å². The summed E-state index contributed by atoms with van der Waals surface area (Å²) < 4.78 is 26.3. The second kappa shape index (κ2) is 8.72. The van der Waals surface area contributed by atoms with E-state index in [0.717, 1.165) is 17.7 Å². The number of hydrogen-bond donors (Lipinski definition) is 0. The Morgan fingerprint density at radius 1 is 0.897 bits per heavy atom. The lowest BCUT2D eigenvalue weighted by Gasteiger charge is -2.39. The van der Waals surface area contributed by atoms with E-state index >= 15 is 0 Å². The first-order valence-electron chi connectivity index (χ1n) is 9.85. The number of carbonyl (C=O) groups is 2. The van der Waals surface area contributed by atoms with Gasteiger partial charge in [0.15, 0.2) is 11.6 Å². The molecule has 2 aromatic carbocycles. The molecule has 29 heavy (non-hydrogen) atoms. The number of hydrogen-bond acceptors (Lipinski definition) is 2. The lowest BCUT2D eigenvalue weighted by Crippen LogP contribution is -2.54. The average molecular weight is 400 g/mol. The zero-order valence-electron chi connectivity index (χ0n) is 16.8. The second-order valence-corrected chi connectivity index (χ2v) is 7.91. The summed E-state index contributed by atoms with van der Waals surface area (Å²) in [6.45, 7) is 5.78. The van der Waals surface area contributed by atoms with Crippen molar-refractivity contribution in [2.24, 2.45) is 0 Å². The van der Waals surface area contributed by atoms with Crippen molar-refractivity contribution in [1.82, 2.24) is 9.80 Å². The van der Waals surface area contributed by atoms with Crippen LogP contribution in [0.25, 0.3) is 0 Å². The molecule has 0 radical (unpaired) electrons. The van der Waals surface area contributed by atoms with Gasteiger partial charge in [-0.15, -0.1) is 0 Å². The van der Waals surface area contributed by atoms with Gasteiger partial charge in [0.05, 0.1) is 5.41 Å². The highest BCUT2D eigenvalue weighted by molar-refractivity contribution is 5.87. The van der Waals surface area contributed by atoms with E-state index in [0.29, 0.717) is 38.2 Å². The quantitative estimate of drug-likeness (QED) is 0.770. The van der Waals surface area contributed by atoms with Gasteiger partial charge in [-0.2, -0.15) is 0 Å². The molecule has 0 aromatic heterocycles. The van der Waals surface area contributed by atoms with E-state index in [-0.39, 0.29) is 18.2 Å². The number of amides is 2. The van der Waals surface area contributed by atoms with Gasteiger partial charge in [-0.1, -0.05) is 36.4 Å². The number of carbonyl (C=O) groups excluding carboxylic acids is 2. The van der Waals surface area contributed by atoms with Crippen molar-refractivity contribution in [3.8, 4) is 0 Å². The molecule has 4 nitrogen and oxygen atoms in total. The molecule has 0 aliphatic carbocycles. The van der Waals surface area contributed by atoms with Crippen molar-refractivity contribution in [2.75, 3.05) is 26.2 Å². The summed E-state index contributed by atoms with van der Waals surface area (Å²) >= 11 is 0. The van der Waals surface area contributed by atoms with Crippen molar-refractivity contribution in [3.63, 3.8) is 0 Å². The van der Waals surface area contributed by atoms with Crippen LogP contribution in [0.3, 0.4) is 0 Å². The lowest BCUT2D eigenvalue weighted by molar-refractivity contribution is -0.142. The number of nitrogens with zero attached hydrogens (tertiary/aromatic N) is 2.